The molecule has 1 N–H and O–H groups in total. The zero-order valence-corrected chi connectivity index (χ0v) is 7.71. The number of aromatic nitrogens is 1. The van der Waals surface area contributed by atoms with Gasteiger partial charge in [-0.2, -0.15) is 0 Å². The first-order valence-corrected chi connectivity index (χ1v) is 4.40. The van der Waals surface area contributed by atoms with Crippen LogP contribution in [0.2, 0.25) is 0 Å². The largest absolute Gasteiger partial charge is 0.481 e. The lowest BCUT2D eigenvalue weighted by Crippen LogP contribution is -2.20. The van der Waals surface area contributed by atoms with Gasteiger partial charge in [-0.3, -0.25) is 19.9 Å². The molecule has 0 spiro atoms. The standard InChI is InChI=1S/C9H8N2O4/c12-8(13)9(2-3-9)7-5-6(11(14)15)1-4-10-7/h1,4-5H,2-3H2,(H,12,13). The number of nitrogens with zero attached hydrogens (tertiary/aromatic N) is 2. The summed E-state index contributed by atoms with van der Waals surface area (Å²) in [5.74, 6) is -0.963. The SMILES string of the molecule is O=C(O)C1(c2cc([N+](=O)[O-])ccn2)CC1. The fourth-order valence-electron chi connectivity index (χ4n) is 1.50. The van der Waals surface area contributed by atoms with Gasteiger partial charge in [0.1, 0.15) is 5.41 Å². The number of carboxylic acid groups (broad SMARTS) is 1. The van der Waals surface area contributed by atoms with E-state index < -0.39 is 16.3 Å². The predicted molar refractivity (Wildman–Crippen MR) is 49.4 cm³/mol. The van der Waals surface area contributed by atoms with Crippen LogP contribution in [-0.2, 0) is 10.2 Å². The molecule has 1 heterocycles. The maximum atomic E-state index is 11.0. The molecule has 1 fully saturated rings. The van der Waals surface area contributed by atoms with Gasteiger partial charge < -0.3 is 5.11 Å². The van der Waals surface area contributed by atoms with Crippen LogP contribution in [0.1, 0.15) is 18.5 Å². The van der Waals surface area contributed by atoms with E-state index in [0.29, 0.717) is 12.8 Å². The van der Waals surface area contributed by atoms with Crippen LogP contribution in [0, 0.1) is 10.1 Å². The normalized spacial score (nSPS) is 17.1. The van der Waals surface area contributed by atoms with E-state index in [2.05, 4.69) is 4.98 Å². The topological polar surface area (TPSA) is 93.3 Å². The number of hydrogen-bond donors (Lipinski definition) is 1. The number of pyridine rings is 1. The van der Waals surface area contributed by atoms with Crippen molar-refractivity contribution in [1.29, 1.82) is 0 Å². The minimum Gasteiger partial charge on any atom is -0.481 e. The van der Waals surface area contributed by atoms with Gasteiger partial charge in [0.2, 0.25) is 0 Å². The number of carboxylic acids is 1. The Hall–Kier alpha value is -1.98. The molecule has 6 nitrogen and oxygen atoms in total. The fourth-order valence-corrected chi connectivity index (χ4v) is 1.50. The molecule has 0 unspecified atom stereocenters. The Kier molecular flexibility index (Phi) is 1.92. The molecule has 1 aliphatic carbocycles. The molecule has 78 valence electrons. The molecule has 1 saturated carbocycles. The van der Waals surface area contributed by atoms with Crippen molar-refractivity contribution in [1.82, 2.24) is 4.98 Å². The van der Waals surface area contributed by atoms with Crippen molar-refractivity contribution in [2.75, 3.05) is 0 Å². The molecule has 0 bridgehead atoms. The van der Waals surface area contributed by atoms with E-state index in [1.54, 1.807) is 0 Å². The van der Waals surface area contributed by atoms with Crippen molar-refractivity contribution in [3.63, 3.8) is 0 Å². The summed E-state index contributed by atoms with van der Waals surface area (Å²) < 4.78 is 0. The van der Waals surface area contributed by atoms with Crippen LogP contribution >= 0.6 is 0 Å². The fraction of sp³-hybridized carbons (Fsp3) is 0.333. The second kappa shape index (κ2) is 3.01. The summed E-state index contributed by atoms with van der Waals surface area (Å²) >= 11 is 0. The molecule has 1 aliphatic rings. The van der Waals surface area contributed by atoms with E-state index in [0.717, 1.165) is 0 Å². The van der Waals surface area contributed by atoms with Gasteiger partial charge in [-0.05, 0) is 12.8 Å². The van der Waals surface area contributed by atoms with Crippen LogP contribution in [-0.4, -0.2) is 21.0 Å². The van der Waals surface area contributed by atoms with Crippen LogP contribution in [0.25, 0.3) is 0 Å². The van der Waals surface area contributed by atoms with E-state index >= 15 is 0 Å². The lowest BCUT2D eigenvalue weighted by Gasteiger charge is -2.07. The maximum absolute atomic E-state index is 11.0. The highest BCUT2D eigenvalue weighted by atomic mass is 16.6. The zero-order valence-electron chi connectivity index (χ0n) is 7.71. The summed E-state index contributed by atoms with van der Waals surface area (Å²) in [4.78, 5) is 24.8. The van der Waals surface area contributed by atoms with E-state index in [1.165, 1.54) is 18.3 Å². The first-order chi connectivity index (χ1) is 7.06. The van der Waals surface area contributed by atoms with Gasteiger partial charge >= 0.3 is 5.97 Å². The van der Waals surface area contributed by atoms with Crippen LogP contribution < -0.4 is 0 Å². The van der Waals surface area contributed by atoms with Crippen molar-refractivity contribution in [3.05, 3.63) is 34.1 Å². The third-order valence-electron chi connectivity index (χ3n) is 2.60. The van der Waals surface area contributed by atoms with Gasteiger partial charge in [0.15, 0.2) is 0 Å². The Morgan fingerprint density at radius 2 is 2.27 bits per heavy atom. The molecule has 0 amide bonds. The van der Waals surface area contributed by atoms with Gasteiger partial charge in [0.25, 0.3) is 5.69 Å². The number of hydrogen-bond acceptors (Lipinski definition) is 4. The number of aliphatic carboxylic acids is 1. The van der Waals surface area contributed by atoms with Crippen molar-refractivity contribution in [3.8, 4) is 0 Å². The highest BCUT2D eigenvalue weighted by Crippen LogP contribution is 2.47. The van der Waals surface area contributed by atoms with Crippen LogP contribution in [0.4, 0.5) is 5.69 Å². The third-order valence-corrected chi connectivity index (χ3v) is 2.60. The highest BCUT2D eigenvalue weighted by molar-refractivity contribution is 5.84. The van der Waals surface area contributed by atoms with Crippen LogP contribution in [0.5, 0.6) is 0 Å². The van der Waals surface area contributed by atoms with Gasteiger partial charge in [0.05, 0.1) is 10.6 Å². The zero-order chi connectivity index (χ0) is 11.1. The average Bonchev–Trinajstić information content (AvgIpc) is 2.98. The average molecular weight is 208 g/mol. The summed E-state index contributed by atoms with van der Waals surface area (Å²) in [5, 5.41) is 19.5. The Labute approximate surface area is 84.7 Å². The Morgan fingerprint density at radius 1 is 1.60 bits per heavy atom. The Bertz CT molecular complexity index is 439. The predicted octanol–water partition coefficient (Wildman–Crippen LogP) is 1.11. The molecule has 1 aromatic heterocycles. The minimum atomic E-state index is -0.980. The van der Waals surface area contributed by atoms with Crippen molar-refractivity contribution < 1.29 is 14.8 Å². The molecule has 0 aromatic carbocycles. The Morgan fingerprint density at radius 3 is 2.73 bits per heavy atom. The molecule has 0 saturated heterocycles. The monoisotopic (exact) mass is 208 g/mol. The molecule has 0 radical (unpaired) electrons. The van der Waals surface area contributed by atoms with E-state index in [1.807, 2.05) is 0 Å². The van der Waals surface area contributed by atoms with E-state index in [9.17, 15) is 14.9 Å². The minimum absolute atomic E-state index is 0.118. The molecule has 2 rings (SSSR count). The van der Waals surface area contributed by atoms with E-state index in [4.69, 9.17) is 5.11 Å². The quantitative estimate of drug-likeness (QED) is 0.593. The van der Waals surface area contributed by atoms with Crippen molar-refractivity contribution in [2.45, 2.75) is 18.3 Å². The lowest BCUT2D eigenvalue weighted by molar-refractivity contribution is -0.385. The first kappa shape index (κ1) is 9.57. The number of rotatable bonds is 3. The third kappa shape index (κ3) is 1.43. The summed E-state index contributed by atoms with van der Waals surface area (Å²) in [6.45, 7) is 0. The van der Waals surface area contributed by atoms with Gasteiger partial charge in [-0.25, -0.2) is 0 Å². The summed E-state index contributed by atoms with van der Waals surface area (Å²) in [6, 6.07) is 2.49. The van der Waals surface area contributed by atoms with Gasteiger partial charge in [-0.1, -0.05) is 0 Å². The lowest BCUT2D eigenvalue weighted by atomic mass is 10.0. The maximum Gasteiger partial charge on any atom is 0.315 e. The molecule has 15 heavy (non-hydrogen) atoms. The molecule has 6 heteroatoms. The Balaban J connectivity index is 2.42. The summed E-state index contributed by atoms with van der Waals surface area (Å²) in [6.07, 6.45) is 2.27. The van der Waals surface area contributed by atoms with Crippen LogP contribution in [0.15, 0.2) is 18.3 Å². The molecule has 0 aliphatic heterocycles. The summed E-state index contributed by atoms with van der Waals surface area (Å²) in [7, 11) is 0. The van der Waals surface area contributed by atoms with E-state index in [-0.39, 0.29) is 11.4 Å². The second-order valence-corrected chi connectivity index (χ2v) is 3.54. The smallest absolute Gasteiger partial charge is 0.315 e. The number of nitro groups is 1. The second-order valence-electron chi connectivity index (χ2n) is 3.54. The number of carbonyl (C=O) groups is 1. The van der Waals surface area contributed by atoms with Crippen molar-refractivity contribution >= 4 is 11.7 Å². The molecular formula is C9H8N2O4. The first-order valence-electron chi connectivity index (χ1n) is 4.40. The molecule has 1 aromatic rings. The highest BCUT2D eigenvalue weighted by Gasteiger charge is 2.53. The molecular weight excluding hydrogens is 200 g/mol. The van der Waals surface area contributed by atoms with Crippen molar-refractivity contribution in [2.24, 2.45) is 0 Å². The summed E-state index contributed by atoms with van der Waals surface area (Å²) in [5.41, 5.74) is -0.817. The van der Waals surface area contributed by atoms with Gasteiger partial charge in [-0.15, -0.1) is 0 Å². The van der Waals surface area contributed by atoms with Crippen LogP contribution in [0.3, 0.4) is 0 Å². The van der Waals surface area contributed by atoms with Gasteiger partial charge in [0, 0.05) is 18.3 Å². The molecule has 0 atom stereocenters.